The van der Waals surface area contributed by atoms with Gasteiger partial charge >= 0.3 is 0 Å². The first-order valence-electron chi connectivity index (χ1n) is 8.25. The molecule has 1 aromatic heterocycles. The van der Waals surface area contributed by atoms with Gasteiger partial charge in [0.05, 0.1) is 10.8 Å². The molecule has 2 bridgehead atoms. The normalized spacial score (nSPS) is 23.9. The van der Waals surface area contributed by atoms with Crippen LogP contribution in [0.3, 0.4) is 0 Å². The number of hydrogen-bond acceptors (Lipinski definition) is 3. The maximum atomic E-state index is 12.8. The summed E-state index contributed by atoms with van der Waals surface area (Å²) in [6.45, 7) is 8.01. The van der Waals surface area contributed by atoms with E-state index in [0.29, 0.717) is 19.6 Å². The molecule has 0 saturated carbocycles. The number of carbonyl (C=O) groups excluding carboxylic acids is 2. The summed E-state index contributed by atoms with van der Waals surface area (Å²) in [6, 6.07) is 4.04. The van der Waals surface area contributed by atoms with Gasteiger partial charge in [-0.25, -0.2) is 0 Å². The molecule has 5 heteroatoms. The maximum absolute atomic E-state index is 12.8. The van der Waals surface area contributed by atoms with E-state index >= 15 is 0 Å². The highest BCUT2D eigenvalue weighted by Crippen LogP contribution is 2.30. The van der Waals surface area contributed by atoms with E-state index in [0.717, 1.165) is 22.6 Å². The fourth-order valence-corrected chi connectivity index (χ4v) is 4.27. The van der Waals surface area contributed by atoms with E-state index in [1.165, 1.54) is 16.9 Å². The van der Waals surface area contributed by atoms with Crippen molar-refractivity contribution >= 4 is 23.2 Å². The summed E-state index contributed by atoms with van der Waals surface area (Å²) in [5.74, 6) is 0.262. The highest BCUT2D eigenvalue weighted by atomic mass is 32.1. The molecule has 124 valence electrons. The molecule has 3 saturated heterocycles. The summed E-state index contributed by atoms with van der Waals surface area (Å²) < 4.78 is 0. The Kier molecular flexibility index (Phi) is 4.57. The number of fused-ring (bicyclic) bond motifs is 4. The number of piperidine rings is 1. The zero-order valence-electron chi connectivity index (χ0n) is 14.0. The molecule has 0 aliphatic carbocycles. The third-order valence-electron chi connectivity index (χ3n) is 4.73. The number of nitrogens with zero attached hydrogens (tertiary/aromatic N) is 2. The lowest BCUT2D eigenvalue weighted by molar-refractivity contribution is -0.139. The van der Waals surface area contributed by atoms with Crippen molar-refractivity contribution in [1.29, 1.82) is 0 Å². The van der Waals surface area contributed by atoms with Crippen LogP contribution in [0.25, 0.3) is 0 Å². The third-order valence-corrected chi connectivity index (χ3v) is 5.72. The van der Waals surface area contributed by atoms with Crippen LogP contribution in [0.1, 0.15) is 41.2 Å². The number of carbonyl (C=O) groups is 2. The van der Waals surface area contributed by atoms with Crippen molar-refractivity contribution in [1.82, 2.24) is 9.80 Å². The van der Waals surface area contributed by atoms with Crippen LogP contribution in [-0.4, -0.2) is 47.3 Å². The van der Waals surface area contributed by atoms with Gasteiger partial charge in [-0.1, -0.05) is 11.6 Å². The Morgan fingerprint density at radius 1 is 1.30 bits per heavy atom. The number of thiophene rings is 1. The van der Waals surface area contributed by atoms with Crippen molar-refractivity contribution in [2.45, 2.75) is 39.7 Å². The lowest BCUT2D eigenvalue weighted by atomic mass is 9.94. The number of amides is 2. The molecule has 3 fully saturated rings. The highest BCUT2D eigenvalue weighted by Gasteiger charge is 2.41. The Hall–Kier alpha value is -1.62. The summed E-state index contributed by atoms with van der Waals surface area (Å²) in [5, 5.41) is 0. The molecule has 0 unspecified atom stereocenters. The lowest BCUT2D eigenvalue weighted by Gasteiger charge is -2.35. The van der Waals surface area contributed by atoms with Crippen LogP contribution in [0.5, 0.6) is 0 Å². The second-order valence-corrected chi connectivity index (χ2v) is 8.11. The van der Waals surface area contributed by atoms with Gasteiger partial charge in [-0.15, -0.1) is 11.3 Å². The Labute approximate surface area is 141 Å². The average Bonchev–Trinajstić information content (AvgIpc) is 2.76. The maximum Gasteiger partial charge on any atom is 0.264 e. The first-order valence-corrected chi connectivity index (χ1v) is 9.07. The number of hydrogen-bond donors (Lipinski definition) is 0. The standard InChI is InChI=1S/C18H24N2O2S/c1-12(2)8-9-20-15-6-5-14(17(20)21)10-19(11-15)18(22)16-7-4-13(3)23-16/h4,7-8,14-15H,5-6,9-11H2,1-3H3/t14-,15+/m0/s1. The van der Waals surface area contributed by atoms with Crippen molar-refractivity contribution in [3.63, 3.8) is 0 Å². The van der Waals surface area contributed by atoms with Crippen molar-refractivity contribution in [3.05, 3.63) is 33.5 Å². The summed E-state index contributed by atoms with van der Waals surface area (Å²) in [6.07, 6.45) is 4.01. The first kappa shape index (κ1) is 16.2. The number of aryl methyl sites for hydroxylation is 1. The van der Waals surface area contributed by atoms with Crippen LogP contribution in [0.15, 0.2) is 23.8 Å². The first-order chi connectivity index (χ1) is 11.0. The van der Waals surface area contributed by atoms with Crippen molar-refractivity contribution in [2.24, 2.45) is 5.92 Å². The summed E-state index contributed by atoms with van der Waals surface area (Å²) >= 11 is 1.54. The second-order valence-electron chi connectivity index (χ2n) is 6.82. The van der Waals surface area contributed by atoms with E-state index in [4.69, 9.17) is 0 Å². The predicted molar refractivity (Wildman–Crippen MR) is 92.6 cm³/mol. The molecule has 0 aromatic carbocycles. The minimum absolute atomic E-state index is 0.0377. The summed E-state index contributed by atoms with van der Waals surface area (Å²) in [4.78, 5) is 31.3. The minimum atomic E-state index is -0.0377. The van der Waals surface area contributed by atoms with E-state index in [1.807, 2.05) is 28.9 Å². The van der Waals surface area contributed by atoms with Gasteiger partial charge in [-0.2, -0.15) is 0 Å². The molecule has 4 heterocycles. The molecule has 2 atom stereocenters. The molecular weight excluding hydrogens is 308 g/mol. The van der Waals surface area contributed by atoms with E-state index in [-0.39, 0.29) is 23.8 Å². The Morgan fingerprint density at radius 3 is 2.74 bits per heavy atom. The Balaban J connectivity index is 1.79. The quantitative estimate of drug-likeness (QED) is 0.798. The predicted octanol–water partition coefficient (Wildman–Crippen LogP) is 3.09. The Morgan fingerprint density at radius 2 is 2.09 bits per heavy atom. The van der Waals surface area contributed by atoms with Gasteiger partial charge in [0.2, 0.25) is 5.91 Å². The van der Waals surface area contributed by atoms with Crippen LogP contribution in [0.2, 0.25) is 0 Å². The largest absolute Gasteiger partial charge is 0.335 e. The lowest BCUT2D eigenvalue weighted by Crippen LogP contribution is -2.48. The van der Waals surface area contributed by atoms with E-state index in [2.05, 4.69) is 19.9 Å². The third kappa shape index (κ3) is 3.34. The molecule has 0 radical (unpaired) electrons. The number of allylic oxidation sites excluding steroid dienone is 1. The molecule has 2 amide bonds. The Bertz CT molecular complexity index is 645. The fourth-order valence-electron chi connectivity index (χ4n) is 3.43. The van der Waals surface area contributed by atoms with Gasteiger partial charge in [-0.05, 0) is 45.7 Å². The van der Waals surface area contributed by atoms with Crippen molar-refractivity contribution in [3.8, 4) is 0 Å². The average molecular weight is 332 g/mol. The van der Waals surface area contributed by atoms with Crippen LogP contribution in [0.4, 0.5) is 0 Å². The van der Waals surface area contributed by atoms with Crippen molar-refractivity contribution < 1.29 is 9.59 Å². The molecular formula is C18H24N2O2S. The molecule has 3 aliphatic rings. The molecule has 1 aromatic rings. The number of rotatable bonds is 3. The topological polar surface area (TPSA) is 40.6 Å². The van der Waals surface area contributed by atoms with Gasteiger partial charge in [0.1, 0.15) is 0 Å². The van der Waals surface area contributed by atoms with Gasteiger partial charge in [0.25, 0.3) is 5.91 Å². The smallest absolute Gasteiger partial charge is 0.264 e. The second kappa shape index (κ2) is 6.48. The molecule has 4 nitrogen and oxygen atoms in total. The molecule has 4 rings (SSSR count). The van der Waals surface area contributed by atoms with Crippen molar-refractivity contribution in [2.75, 3.05) is 19.6 Å². The highest BCUT2D eigenvalue weighted by molar-refractivity contribution is 7.13. The molecule has 0 spiro atoms. The van der Waals surface area contributed by atoms with Crippen LogP contribution >= 0.6 is 11.3 Å². The SMILES string of the molecule is CC(C)=CCN1C(=O)[C@H]2CC[C@@H]1CN(C(=O)c1ccc(C)s1)C2. The van der Waals surface area contributed by atoms with Crippen LogP contribution in [-0.2, 0) is 4.79 Å². The van der Waals surface area contributed by atoms with Crippen LogP contribution < -0.4 is 0 Å². The van der Waals surface area contributed by atoms with E-state index < -0.39 is 0 Å². The minimum Gasteiger partial charge on any atom is -0.335 e. The molecule has 3 aliphatic heterocycles. The van der Waals surface area contributed by atoms with Gasteiger partial charge in [-0.3, -0.25) is 9.59 Å². The van der Waals surface area contributed by atoms with Gasteiger partial charge in [0, 0.05) is 30.6 Å². The van der Waals surface area contributed by atoms with Gasteiger partial charge in [0.15, 0.2) is 0 Å². The van der Waals surface area contributed by atoms with E-state index in [1.54, 1.807) is 0 Å². The van der Waals surface area contributed by atoms with E-state index in [9.17, 15) is 9.59 Å². The summed E-state index contributed by atoms with van der Waals surface area (Å²) in [5.41, 5.74) is 1.22. The summed E-state index contributed by atoms with van der Waals surface area (Å²) in [7, 11) is 0. The zero-order valence-corrected chi connectivity index (χ0v) is 14.9. The molecule has 0 N–H and O–H groups in total. The zero-order chi connectivity index (χ0) is 16.6. The van der Waals surface area contributed by atoms with Crippen LogP contribution in [0, 0.1) is 12.8 Å². The molecule has 23 heavy (non-hydrogen) atoms. The fraction of sp³-hybridized carbons (Fsp3) is 0.556. The monoisotopic (exact) mass is 332 g/mol. The van der Waals surface area contributed by atoms with Gasteiger partial charge < -0.3 is 9.80 Å².